The lowest BCUT2D eigenvalue weighted by Crippen LogP contribution is -2.29. The first-order valence-corrected chi connectivity index (χ1v) is 7.41. The molecular weight excluding hydrogens is 298 g/mol. The van der Waals surface area contributed by atoms with Crippen LogP contribution in [-0.4, -0.2) is 6.54 Å². The van der Waals surface area contributed by atoms with E-state index in [1.165, 1.54) is 31.2 Å². The van der Waals surface area contributed by atoms with E-state index in [1.807, 2.05) is 12.1 Å². The summed E-state index contributed by atoms with van der Waals surface area (Å²) < 4.78 is 1.09. The highest BCUT2D eigenvalue weighted by molar-refractivity contribution is 9.10. The molecule has 0 aliphatic heterocycles. The molecule has 1 aliphatic carbocycles. The highest BCUT2D eigenvalue weighted by Crippen LogP contribution is 2.36. The van der Waals surface area contributed by atoms with Crippen molar-refractivity contribution in [3.05, 3.63) is 33.3 Å². The molecule has 1 aliphatic rings. The Hall–Kier alpha value is -0.0500. The molecule has 1 N–H and O–H groups in total. The van der Waals surface area contributed by atoms with E-state index in [0.29, 0.717) is 5.41 Å². The molecule has 1 nitrogen and oxygen atoms in total. The van der Waals surface area contributed by atoms with Crippen LogP contribution in [0.3, 0.4) is 0 Å². The van der Waals surface area contributed by atoms with Crippen LogP contribution in [-0.2, 0) is 6.54 Å². The summed E-state index contributed by atoms with van der Waals surface area (Å²) in [5, 5.41) is 4.39. The fourth-order valence-electron chi connectivity index (χ4n) is 2.58. The van der Waals surface area contributed by atoms with Crippen LogP contribution in [0.25, 0.3) is 0 Å². The van der Waals surface area contributed by atoms with Gasteiger partial charge in [0.25, 0.3) is 0 Å². The van der Waals surface area contributed by atoms with Gasteiger partial charge in [-0.05, 0) is 42.0 Å². The molecule has 0 unspecified atom stereocenters. The van der Waals surface area contributed by atoms with Gasteiger partial charge in [-0.2, -0.15) is 0 Å². The molecule has 2 rings (SSSR count). The smallest absolute Gasteiger partial charge is 0.0451 e. The average molecular weight is 317 g/mol. The fourth-order valence-corrected chi connectivity index (χ4v) is 3.18. The van der Waals surface area contributed by atoms with E-state index >= 15 is 0 Å². The largest absolute Gasteiger partial charge is 0.312 e. The van der Waals surface area contributed by atoms with E-state index in [0.717, 1.165) is 22.6 Å². The Morgan fingerprint density at radius 3 is 2.76 bits per heavy atom. The van der Waals surface area contributed by atoms with Crippen LogP contribution in [0.5, 0.6) is 0 Å². The second-order valence-corrected chi connectivity index (χ2v) is 6.68. The first-order chi connectivity index (χ1) is 8.09. The molecule has 0 radical (unpaired) electrons. The van der Waals surface area contributed by atoms with E-state index in [-0.39, 0.29) is 0 Å². The zero-order valence-corrected chi connectivity index (χ0v) is 12.6. The van der Waals surface area contributed by atoms with Crippen LogP contribution in [0.4, 0.5) is 0 Å². The lowest BCUT2D eigenvalue weighted by molar-refractivity contribution is 0.314. The van der Waals surface area contributed by atoms with E-state index in [2.05, 4.69) is 34.2 Å². The predicted molar refractivity (Wildman–Crippen MR) is 77.4 cm³/mol. The first kappa shape index (κ1) is 13.4. The second-order valence-electron chi connectivity index (χ2n) is 5.36. The van der Waals surface area contributed by atoms with Gasteiger partial charge in [-0.15, -0.1) is 0 Å². The molecule has 0 bridgehead atoms. The van der Waals surface area contributed by atoms with Gasteiger partial charge in [-0.25, -0.2) is 0 Å². The Morgan fingerprint density at radius 1 is 1.35 bits per heavy atom. The molecule has 0 amide bonds. The van der Waals surface area contributed by atoms with Crippen LogP contribution < -0.4 is 5.32 Å². The van der Waals surface area contributed by atoms with Crippen LogP contribution in [0.2, 0.25) is 5.02 Å². The molecule has 94 valence electrons. The van der Waals surface area contributed by atoms with Crippen LogP contribution in [0.15, 0.2) is 22.7 Å². The summed E-state index contributed by atoms with van der Waals surface area (Å²) in [5.74, 6) is 0. The van der Waals surface area contributed by atoms with Crippen molar-refractivity contribution in [2.75, 3.05) is 6.54 Å². The van der Waals surface area contributed by atoms with Gasteiger partial charge in [0.2, 0.25) is 0 Å². The van der Waals surface area contributed by atoms with Crippen molar-refractivity contribution in [2.24, 2.45) is 5.41 Å². The van der Waals surface area contributed by atoms with Gasteiger partial charge >= 0.3 is 0 Å². The predicted octanol–water partition coefficient (Wildman–Crippen LogP) is 4.77. The Bertz CT molecular complexity index is 386. The molecule has 3 heteroatoms. The third kappa shape index (κ3) is 3.70. The molecule has 0 heterocycles. The summed E-state index contributed by atoms with van der Waals surface area (Å²) in [6, 6.07) is 6.01. The Kier molecular flexibility index (Phi) is 4.51. The van der Waals surface area contributed by atoms with Gasteiger partial charge < -0.3 is 5.32 Å². The van der Waals surface area contributed by atoms with Crippen molar-refractivity contribution >= 4 is 27.5 Å². The second kappa shape index (κ2) is 5.73. The maximum atomic E-state index is 6.17. The molecule has 1 saturated carbocycles. The average Bonchev–Trinajstić information content (AvgIpc) is 2.71. The van der Waals surface area contributed by atoms with Crippen molar-refractivity contribution in [3.63, 3.8) is 0 Å². The van der Waals surface area contributed by atoms with E-state index in [1.54, 1.807) is 0 Å². The highest BCUT2D eigenvalue weighted by atomic mass is 79.9. The normalized spacial score (nSPS) is 18.5. The number of hydrogen-bond acceptors (Lipinski definition) is 1. The number of hydrogen-bond donors (Lipinski definition) is 1. The Morgan fingerprint density at radius 2 is 2.06 bits per heavy atom. The van der Waals surface area contributed by atoms with Crippen molar-refractivity contribution in [2.45, 2.75) is 39.2 Å². The lowest BCUT2D eigenvalue weighted by Gasteiger charge is -2.24. The maximum Gasteiger partial charge on any atom is 0.0451 e. The first-order valence-electron chi connectivity index (χ1n) is 6.24. The molecule has 0 aromatic heterocycles. The molecule has 1 aromatic carbocycles. The number of rotatable bonds is 4. The summed E-state index contributed by atoms with van der Waals surface area (Å²) in [6.45, 7) is 4.33. The third-order valence-corrected chi connectivity index (χ3v) is 4.55. The van der Waals surface area contributed by atoms with Gasteiger partial charge in [0.15, 0.2) is 0 Å². The Labute approximate surface area is 117 Å². The molecule has 1 aromatic rings. The summed E-state index contributed by atoms with van der Waals surface area (Å²) in [5.41, 5.74) is 1.67. The summed E-state index contributed by atoms with van der Waals surface area (Å²) in [4.78, 5) is 0. The van der Waals surface area contributed by atoms with Crippen LogP contribution in [0, 0.1) is 5.41 Å². The molecule has 0 atom stereocenters. The lowest BCUT2D eigenvalue weighted by atomic mass is 9.89. The zero-order valence-electron chi connectivity index (χ0n) is 10.2. The van der Waals surface area contributed by atoms with Crippen LogP contribution in [0.1, 0.15) is 38.2 Å². The highest BCUT2D eigenvalue weighted by Gasteiger charge is 2.27. The minimum Gasteiger partial charge on any atom is -0.312 e. The van der Waals surface area contributed by atoms with Gasteiger partial charge in [0, 0.05) is 22.6 Å². The Balaban J connectivity index is 1.87. The monoisotopic (exact) mass is 315 g/mol. The van der Waals surface area contributed by atoms with E-state index < -0.39 is 0 Å². The van der Waals surface area contributed by atoms with E-state index in [9.17, 15) is 0 Å². The molecule has 1 fully saturated rings. The van der Waals surface area contributed by atoms with Gasteiger partial charge in [0.1, 0.15) is 0 Å². The summed E-state index contributed by atoms with van der Waals surface area (Å²) >= 11 is 9.64. The summed E-state index contributed by atoms with van der Waals surface area (Å²) in [6.07, 6.45) is 5.48. The van der Waals surface area contributed by atoms with Crippen molar-refractivity contribution < 1.29 is 0 Å². The minimum atomic E-state index is 0.499. The number of halogens is 2. The molecule has 0 spiro atoms. The quantitative estimate of drug-likeness (QED) is 0.843. The SMILES string of the molecule is CC1(CNCc2cc(Br)ccc2Cl)CCCC1. The van der Waals surface area contributed by atoms with Crippen LogP contribution >= 0.6 is 27.5 Å². The summed E-state index contributed by atoms with van der Waals surface area (Å²) in [7, 11) is 0. The molecule has 0 saturated heterocycles. The van der Waals surface area contributed by atoms with Crippen molar-refractivity contribution in [1.29, 1.82) is 0 Å². The maximum absolute atomic E-state index is 6.17. The minimum absolute atomic E-state index is 0.499. The topological polar surface area (TPSA) is 12.0 Å². The van der Waals surface area contributed by atoms with Gasteiger partial charge in [-0.3, -0.25) is 0 Å². The fraction of sp³-hybridized carbons (Fsp3) is 0.571. The standard InChI is InChI=1S/C14H19BrClN/c1-14(6-2-3-7-14)10-17-9-11-8-12(15)4-5-13(11)16/h4-5,8,17H,2-3,6-7,9-10H2,1H3. The van der Waals surface area contributed by atoms with Gasteiger partial charge in [-0.1, -0.05) is 47.3 Å². The zero-order chi connectivity index (χ0) is 12.3. The molecule has 17 heavy (non-hydrogen) atoms. The van der Waals surface area contributed by atoms with E-state index in [4.69, 9.17) is 11.6 Å². The number of benzene rings is 1. The van der Waals surface area contributed by atoms with Crippen molar-refractivity contribution in [1.82, 2.24) is 5.32 Å². The van der Waals surface area contributed by atoms with Crippen molar-refractivity contribution in [3.8, 4) is 0 Å². The molecular formula is C14H19BrClN. The third-order valence-electron chi connectivity index (χ3n) is 3.69. The number of nitrogens with one attached hydrogen (secondary N) is 1. The van der Waals surface area contributed by atoms with Gasteiger partial charge in [0.05, 0.1) is 0 Å².